The Balaban J connectivity index is 2.12. The van der Waals surface area contributed by atoms with E-state index < -0.39 is 0 Å². The van der Waals surface area contributed by atoms with Gasteiger partial charge in [0.05, 0.1) is 17.6 Å². The Morgan fingerprint density at radius 1 is 1.44 bits per heavy atom. The molecule has 0 aromatic carbocycles. The minimum Gasteiger partial charge on any atom is -0.329 e. The van der Waals surface area contributed by atoms with Crippen molar-refractivity contribution < 1.29 is 0 Å². The molecule has 0 aliphatic rings. The van der Waals surface area contributed by atoms with Crippen molar-refractivity contribution in [1.29, 1.82) is 0 Å². The molecule has 0 saturated heterocycles. The predicted molar refractivity (Wildman–Crippen MR) is 62.9 cm³/mol. The van der Waals surface area contributed by atoms with Gasteiger partial charge in [-0.2, -0.15) is 5.10 Å². The summed E-state index contributed by atoms with van der Waals surface area (Å²) in [6.45, 7) is 0.549. The Bertz CT molecular complexity index is 441. The van der Waals surface area contributed by atoms with E-state index in [1.165, 1.54) is 0 Å². The summed E-state index contributed by atoms with van der Waals surface area (Å²) in [5.74, 6) is 0. The van der Waals surface area contributed by atoms with Gasteiger partial charge in [0.25, 0.3) is 0 Å². The smallest absolute Gasteiger partial charge is 0.115 e. The van der Waals surface area contributed by atoms with Crippen LogP contribution in [0.1, 0.15) is 10.8 Å². The summed E-state index contributed by atoms with van der Waals surface area (Å²) in [4.78, 5) is 8.24. The van der Waals surface area contributed by atoms with Crippen LogP contribution in [0.2, 0.25) is 0 Å². The maximum absolute atomic E-state index is 5.76. The quantitative estimate of drug-likeness (QED) is 0.801. The highest BCUT2D eigenvalue weighted by Gasteiger charge is 2.13. The molecule has 0 aliphatic heterocycles. The Hall–Kier alpha value is -1.40. The Morgan fingerprint density at radius 2 is 2.31 bits per heavy atom. The van der Waals surface area contributed by atoms with Crippen LogP contribution in [-0.4, -0.2) is 26.3 Å². The van der Waals surface area contributed by atoms with Gasteiger partial charge in [-0.3, -0.25) is 9.67 Å². The van der Waals surface area contributed by atoms with Gasteiger partial charge in [0.15, 0.2) is 0 Å². The molecule has 0 aliphatic carbocycles. The number of hydrogen-bond donors (Lipinski definition) is 1. The molecular weight excluding hydrogens is 222 g/mol. The lowest BCUT2D eigenvalue weighted by Crippen LogP contribution is -2.09. The van der Waals surface area contributed by atoms with Crippen LogP contribution >= 0.6 is 11.8 Å². The van der Waals surface area contributed by atoms with Gasteiger partial charge in [0, 0.05) is 37.7 Å². The molecule has 0 fully saturated rings. The molecule has 0 bridgehead atoms. The first kappa shape index (κ1) is 11.1. The highest BCUT2D eigenvalue weighted by Crippen LogP contribution is 2.32. The fraction of sp³-hybridized carbons (Fsp3) is 0.300. The average Bonchev–Trinajstić information content (AvgIpc) is 2.74. The normalized spacial score (nSPS) is 12.6. The van der Waals surface area contributed by atoms with Crippen LogP contribution in [0.15, 0.2) is 36.0 Å². The first-order valence-corrected chi connectivity index (χ1v) is 5.79. The molecular formula is C10H13N5S. The number of nitrogens with two attached hydrogens (primary N) is 1. The van der Waals surface area contributed by atoms with E-state index in [9.17, 15) is 0 Å². The van der Waals surface area contributed by atoms with Gasteiger partial charge in [0.2, 0.25) is 0 Å². The predicted octanol–water partition coefficient (Wildman–Crippen LogP) is 1.00. The maximum Gasteiger partial charge on any atom is 0.115 e. The third-order valence-electron chi connectivity index (χ3n) is 2.11. The molecule has 2 aromatic heterocycles. The van der Waals surface area contributed by atoms with Crippen LogP contribution < -0.4 is 5.73 Å². The Labute approximate surface area is 98.1 Å². The van der Waals surface area contributed by atoms with Gasteiger partial charge in [-0.05, 0) is 0 Å². The zero-order valence-corrected chi connectivity index (χ0v) is 9.76. The zero-order chi connectivity index (χ0) is 11.4. The summed E-state index contributed by atoms with van der Waals surface area (Å²) in [7, 11) is 1.89. The molecule has 2 heterocycles. The van der Waals surface area contributed by atoms with Crippen LogP contribution in [-0.2, 0) is 7.05 Å². The van der Waals surface area contributed by atoms with E-state index in [2.05, 4.69) is 15.1 Å². The molecule has 0 radical (unpaired) electrons. The lowest BCUT2D eigenvalue weighted by atomic mass is 10.2. The summed E-state index contributed by atoms with van der Waals surface area (Å²) in [5, 5.41) is 5.19. The molecule has 1 atom stereocenters. The van der Waals surface area contributed by atoms with Gasteiger partial charge in [-0.1, -0.05) is 11.8 Å². The SMILES string of the molecule is Cn1cc(C(CN)Sc2cnccn2)cn1. The van der Waals surface area contributed by atoms with Crippen molar-refractivity contribution in [3.05, 3.63) is 36.5 Å². The second-order valence-corrected chi connectivity index (χ2v) is 4.56. The molecule has 0 saturated carbocycles. The summed E-state index contributed by atoms with van der Waals surface area (Å²) in [6.07, 6.45) is 8.89. The maximum atomic E-state index is 5.76. The Kier molecular flexibility index (Phi) is 3.53. The monoisotopic (exact) mass is 235 g/mol. The van der Waals surface area contributed by atoms with Crippen molar-refractivity contribution in [2.45, 2.75) is 10.3 Å². The van der Waals surface area contributed by atoms with E-state index in [0.29, 0.717) is 6.54 Å². The van der Waals surface area contributed by atoms with Gasteiger partial charge < -0.3 is 5.73 Å². The van der Waals surface area contributed by atoms with Crippen LogP contribution in [0.4, 0.5) is 0 Å². The van der Waals surface area contributed by atoms with Crippen molar-refractivity contribution >= 4 is 11.8 Å². The number of hydrogen-bond acceptors (Lipinski definition) is 5. The first-order valence-electron chi connectivity index (χ1n) is 4.91. The van der Waals surface area contributed by atoms with E-state index in [1.54, 1.807) is 35.0 Å². The van der Waals surface area contributed by atoms with Crippen molar-refractivity contribution in [2.75, 3.05) is 6.54 Å². The molecule has 2 rings (SSSR count). The Morgan fingerprint density at radius 3 is 2.88 bits per heavy atom. The zero-order valence-electron chi connectivity index (χ0n) is 8.95. The molecule has 2 aromatic rings. The summed E-state index contributed by atoms with van der Waals surface area (Å²) in [6, 6.07) is 0. The second kappa shape index (κ2) is 5.09. The van der Waals surface area contributed by atoms with Crippen molar-refractivity contribution in [3.63, 3.8) is 0 Å². The minimum atomic E-state index is 0.172. The van der Waals surface area contributed by atoms with E-state index in [0.717, 1.165) is 10.6 Å². The summed E-state index contributed by atoms with van der Waals surface area (Å²) < 4.78 is 1.77. The van der Waals surface area contributed by atoms with Crippen LogP contribution in [0.3, 0.4) is 0 Å². The number of nitrogens with zero attached hydrogens (tertiary/aromatic N) is 4. The van der Waals surface area contributed by atoms with Gasteiger partial charge in [0.1, 0.15) is 5.03 Å². The number of rotatable bonds is 4. The molecule has 1 unspecified atom stereocenters. The molecule has 0 spiro atoms. The summed E-state index contributed by atoms with van der Waals surface area (Å²) in [5.41, 5.74) is 6.87. The second-order valence-electron chi connectivity index (χ2n) is 3.33. The van der Waals surface area contributed by atoms with Crippen LogP contribution in [0.5, 0.6) is 0 Å². The third kappa shape index (κ3) is 2.59. The minimum absolute atomic E-state index is 0.172. The molecule has 0 amide bonds. The van der Waals surface area contributed by atoms with Crippen molar-refractivity contribution in [3.8, 4) is 0 Å². The topological polar surface area (TPSA) is 69.6 Å². The van der Waals surface area contributed by atoms with Gasteiger partial charge in [-0.25, -0.2) is 4.98 Å². The first-order chi connectivity index (χ1) is 7.79. The van der Waals surface area contributed by atoms with Crippen molar-refractivity contribution in [1.82, 2.24) is 19.7 Å². The number of aryl methyl sites for hydroxylation is 1. The lowest BCUT2D eigenvalue weighted by molar-refractivity contribution is 0.766. The fourth-order valence-electron chi connectivity index (χ4n) is 1.35. The largest absolute Gasteiger partial charge is 0.329 e. The standard InChI is InChI=1S/C10H13N5S/c1-15-7-8(5-14-15)9(4-11)16-10-6-12-2-3-13-10/h2-3,5-7,9H,4,11H2,1H3. The van der Waals surface area contributed by atoms with Gasteiger partial charge >= 0.3 is 0 Å². The molecule has 6 heteroatoms. The number of aromatic nitrogens is 4. The van der Waals surface area contributed by atoms with Gasteiger partial charge in [-0.15, -0.1) is 0 Å². The molecule has 2 N–H and O–H groups in total. The van der Waals surface area contributed by atoms with E-state index in [-0.39, 0.29) is 5.25 Å². The molecule has 16 heavy (non-hydrogen) atoms. The molecule has 84 valence electrons. The highest BCUT2D eigenvalue weighted by atomic mass is 32.2. The van der Waals surface area contributed by atoms with E-state index in [4.69, 9.17) is 5.73 Å². The van der Waals surface area contributed by atoms with Crippen LogP contribution in [0, 0.1) is 0 Å². The van der Waals surface area contributed by atoms with Crippen LogP contribution in [0.25, 0.3) is 0 Å². The number of thioether (sulfide) groups is 1. The van der Waals surface area contributed by atoms with Crippen molar-refractivity contribution in [2.24, 2.45) is 12.8 Å². The summed E-state index contributed by atoms with van der Waals surface area (Å²) >= 11 is 1.60. The molecule has 5 nitrogen and oxygen atoms in total. The highest BCUT2D eigenvalue weighted by molar-refractivity contribution is 7.99. The fourth-order valence-corrected chi connectivity index (χ4v) is 2.24. The lowest BCUT2D eigenvalue weighted by Gasteiger charge is -2.10. The van der Waals surface area contributed by atoms with E-state index in [1.807, 2.05) is 19.4 Å². The van der Waals surface area contributed by atoms with E-state index >= 15 is 0 Å². The average molecular weight is 235 g/mol. The third-order valence-corrected chi connectivity index (χ3v) is 3.31.